The second kappa shape index (κ2) is 5.85. The van der Waals surface area contributed by atoms with Gasteiger partial charge in [0.05, 0.1) is 12.3 Å². The Morgan fingerprint density at radius 3 is 2.38 bits per heavy atom. The van der Waals surface area contributed by atoms with Gasteiger partial charge in [-0.3, -0.25) is 14.5 Å². The highest BCUT2D eigenvalue weighted by molar-refractivity contribution is 6.17. The van der Waals surface area contributed by atoms with Gasteiger partial charge >= 0.3 is 0 Å². The van der Waals surface area contributed by atoms with Crippen LogP contribution in [-0.4, -0.2) is 18.4 Å². The molecule has 5 nitrogen and oxygen atoms in total. The summed E-state index contributed by atoms with van der Waals surface area (Å²) >= 11 is 0. The van der Waals surface area contributed by atoms with Gasteiger partial charge in [-0.1, -0.05) is 13.8 Å². The zero-order chi connectivity index (χ0) is 15.6. The Labute approximate surface area is 125 Å². The number of amides is 2. The van der Waals surface area contributed by atoms with Gasteiger partial charge in [0.25, 0.3) is 0 Å². The molecule has 0 saturated carbocycles. The van der Waals surface area contributed by atoms with Crippen LogP contribution < -0.4 is 15.4 Å². The SMILES string of the molecule is CCOc1ccc(N2C(=O)CC(C)(C)CC2=O)cc1CN. The van der Waals surface area contributed by atoms with Crippen molar-refractivity contribution in [2.75, 3.05) is 11.5 Å². The molecule has 0 radical (unpaired) electrons. The van der Waals surface area contributed by atoms with Gasteiger partial charge in [0.1, 0.15) is 5.75 Å². The van der Waals surface area contributed by atoms with E-state index in [1.165, 1.54) is 4.90 Å². The molecule has 0 unspecified atom stereocenters. The molecule has 0 bridgehead atoms. The highest BCUT2D eigenvalue weighted by Crippen LogP contribution is 2.35. The summed E-state index contributed by atoms with van der Waals surface area (Å²) in [7, 11) is 0. The lowest BCUT2D eigenvalue weighted by atomic mass is 9.81. The summed E-state index contributed by atoms with van der Waals surface area (Å²) in [6, 6.07) is 5.26. The minimum Gasteiger partial charge on any atom is -0.494 e. The normalized spacial score (nSPS) is 18.0. The quantitative estimate of drug-likeness (QED) is 0.863. The first-order chi connectivity index (χ1) is 9.88. The molecule has 2 rings (SSSR count). The molecule has 2 amide bonds. The van der Waals surface area contributed by atoms with E-state index in [0.717, 1.165) is 5.56 Å². The van der Waals surface area contributed by atoms with Crippen LogP contribution >= 0.6 is 0 Å². The first-order valence-electron chi connectivity index (χ1n) is 7.19. The summed E-state index contributed by atoms with van der Waals surface area (Å²) in [5.74, 6) is 0.368. The molecule has 1 heterocycles. The number of nitrogens with two attached hydrogens (primary N) is 1. The summed E-state index contributed by atoms with van der Waals surface area (Å²) in [5, 5.41) is 0. The molecule has 1 saturated heterocycles. The second-order valence-corrected chi connectivity index (χ2v) is 6.07. The van der Waals surface area contributed by atoms with Gasteiger partial charge in [0.2, 0.25) is 11.8 Å². The van der Waals surface area contributed by atoms with E-state index in [4.69, 9.17) is 10.5 Å². The van der Waals surface area contributed by atoms with Gasteiger partial charge in [0.15, 0.2) is 0 Å². The van der Waals surface area contributed by atoms with Crippen molar-refractivity contribution in [3.05, 3.63) is 23.8 Å². The number of anilines is 1. The highest BCUT2D eigenvalue weighted by Gasteiger charge is 2.38. The van der Waals surface area contributed by atoms with Crippen LogP contribution in [-0.2, 0) is 16.1 Å². The van der Waals surface area contributed by atoms with E-state index in [0.29, 0.717) is 37.4 Å². The molecule has 1 fully saturated rings. The van der Waals surface area contributed by atoms with E-state index in [1.54, 1.807) is 18.2 Å². The minimum atomic E-state index is -0.271. The van der Waals surface area contributed by atoms with Gasteiger partial charge in [-0.25, -0.2) is 0 Å². The number of carbonyl (C=O) groups is 2. The van der Waals surface area contributed by atoms with Crippen LogP contribution in [0.15, 0.2) is 18.2 Å². The maximum absolute atomic E-state index is 12.3. The Kier molecular flexibility index (Phi) is 4.32. The Balaban J connectivity index is 2.33. The molecule has 0 spiro atoms. The van der Waals surface area contributed by atoms with Crippen molar-refractivity contribution in [1.82, 2.24) is 0 Å². The maximum Gasteiger partial charge on any atom is 0.234 e. The third kappa shape index (κ3) is 3.24. The molecule has 21 heavy (non-hydrogen) atoms. The third-order valence-electron chi connectivity index (χ3n) is 3.58. The third-order valence-corrected chi connectivity index (χ3v) is 3.58. The molecule has 114 valence electrons. The molecule has 1 aromatic carbocycles. The Hall–Kier alpha value is -1.88. The summed E-state index contributed by atoms with van der Waals surface area (Å²) < 4.78 is 5.49. The van der Waals surface area contributed by atoms with E-state index in [-0.39, 0.29) is 17.2 Å². The molecule has 0 atom stereocenters. The van der Waals surface area contributed by atoms with Crippen LogP contribution in [0.2, 0.25) is 0 Å². The maximum atomic E-state index is 12.3. The molecular weight excluding hydrogens is 268 g/mol. The number of ether oxygens (including phenoxy) is 1. The molecule has 0 aliphatic carbocycles. The van der Waals surface area contributed by atoms with E-state index in [2.05, 4.69) is 0 Å². The number of nitrogens with zero attached hydrogens (tertiary/aromatic N) is 1. The van der Waals surface area contributed by atoms with Gasteiger partial charge in [-0.05, 0) is 30.5 Å². The van der Waals surface area contributed by atoms with Crippen molar-refractivity contribution in [3.63, 3.8) is 0 Å². The van der Waals surface area contributed by atoms with Crippen LogP contribution in [0.1, 0.15) is 39.2 Å². The summed E-state index contributed by atoms with van der Waals surface area (Å²) in [6.45, 7) is 6.61. The highest BCUT2D eigenvalue weighted by atomic mass is 16.5. The van der Waals surface area contributed by atoms with Gasteiger partial charge in [0, 0.05) is 24.9 Å². The molecule has 1 aromatic rings. The molecule has 1 aliphatic rings. The standard InChI is InChI=1S/C16H22N2O3/c1-4-21-13-6-5-12(7-11(13)10-17)18-14(19)8-16(2,3)9-15(18)20/h5-7H,4,8-10,17H2,1-3H3. The fourth-order valence-electron chi connectivity index (χ4n) is 2.63. The lowest BCUT2D eigenvalue weighted by molar-refractivity contribution is -0.132. The average molecular weight is 290 g/mol. The number of hydrogen-bond acceptors (Lipinski definition) is 4. The number of rotatable bonds is 4. The zero-order valence-corrected chi connectivity index (χ0v) is 12.8. The fraction of sp³-hybridized carbons (Fsp3) is 0.500. The fourth-order valence-corrected chi connectivity index (χ4v) is 2.63. The topological polar surface area (TPSA) is 72.6 Å². The lowest BCUT2D eigenvalue weighted by Gasteiger charge is -2.34. The first kappa shape index (κ1) is 15.5. The largest absolute Gasteiger partial charge is 0.494 e. The van der Waals surface area contributed by atoms with Crippen molar-refractivity contribution < 1.29 is 14.3 Å². The first-order valence-corrected chi connectivity index (χ1v) is 7.19. The van der Waals surface area contributed by atoms with Crippen molar-refractivity contribution in [1.29, 1.82) is 0 Å². The summed E-state index contributed by atoms with van der Waals surface area (Å²) in [5.41, 5.74) is 6.82. The van der Waals surface area contributed by atoms with Crippen molar-refractivity contribution in [3.8, 4) is 5.75 Å². The number of carbonyl (C=O) groups excluding carboxylic acids is 2. The van der Waals surface area contributed by atoms with Gasteiger partial charge in [-0.15, -0.1) is 0 Å². The molecule has 0 aromatic heterocycles. The zero-order valence-electron chi connectivity index (χ0n) is 12.8. The Morgan fingerprint density at radius 1 is 1.24 bits per heavy atom. The van der Waals surface area contributed by atoms with Crippen LogP contribution in [0.25, 0.3) is 0 Å². The van der Waals surface area contributed by atoms with Crippen molar-refractivity contribution in [2.45, 2.75) is 40.2 Å². The molecule has 2 N–H and O–H groups in total. The van der Waals surface area contributed by atoms with Crippen LogP contribution in [0.3, 0.4) is 0 Å². The molecule has 5 heteroatoms. The van der Waals surface area contributed by atoms with Crippen LogP contribution in [0.5, 0.6) is 5.75 Å². The molecular formula is C16H22N2O3. The minimum absolute atomic E-state index is 0.164. The van der Waals surface area contributed by atoms with E-state index in [9.17, 15) is 9.59 Å². The number of hydrogen-bond donors (Lipinski definition) is 1. The summed E-state index contributed by atoms with van der Waals surface area (Å²) in [4.78, 5) is 25.8. The number of benzene rings is 1. The van der Waals surface area contributed by atoms with Crippen LogP contribution in [0, 0.1) is 5.41 Å². The number of piperidine rings is 1. The van der Waals surface area contributed by atoms with E-state index in [1.807, 2.05) is 20.8 Å². The predicted molar refractivity (Wildman–Crippen MR) is 81.0 cm³/mol. The lowest BCUT2D eigenvalue weighted by Crippen LogP contribution is -2.46. The second-order valence-electron chi connectivity index (χ2n) is 6.07. The van der Waals surface area contributed by atoms with Crippen LogP contribution in [0.4, 0.5) is 5.69 Å². The predicted octanol–water partition coefficient (Wildman–Crippen LogP) is 2.22. The van der Waals surface area contributed by atoms with Crippen molar-refractivity contribution >= 4 is 17.5 Å². The monoisotopic (exact) mass is 290 g/mol. The van der Waals surface area contributed by atoms with Gasteiger partial charge < -0.3 is 10.5 Å². The Bertz CT molecular complexity index is 547. The summed E-state index contributed by atoms with van der Waals surface area (Å²) in [6.07, 6.45) is 0.730. The molecule has 1 aliphatic heterocycles. The average Bonchev–Trinajstić information content (AvgIpc) is 2.38. The van der Waals surface area contributed by atoms with E-state index >= 15 is 0 Å². The number of imide groups is 1. The van der Waals surface area contributed by atoms with Gasteiger partial charge in [-0.2, -0.15) is 0 Å². The smallest absolute Gasteiger partial charge is 0.234 e. The van der Waals surface area contributed by atoms with E-state index < -0.39 is 0 Å². The van der Waals surface area contributed by atoms with Crippen molar-refractivity contribution in [2.24, 2.45) is 11.1 Å². The Morgan fingerprint density at radius 2 is 1.86 bits per heavy atom.